The lowest BCUT2D eigenvalue weighted by Crippen LogP contribution is -2.47. The first-order chi connectivity index (χ1) is 8.54. The summed E-state index contributed by atoms with van der Waals surface area (Å²) in [5.41, 5.74) is 0. The Morgan fingerprint density at radius 3 is 2.72 bits per heavy atom. The highest BCUT2D eigenvalue weighted by Crippen LogP contribution is 2.11. The van der Waals surface area contributed by atoms with E-state index in [0.717, 1.165) is 19.3 Å². The zero-order valence-corrected chi connectivity index (χ0v) is 11.1. The fraction of sp³-hybridized carbons (Fsp3) is 0.692. The molecule has 2 N–H and O–H groups in total. The smallest absolute Gasteiger partial charge is 0.317 e. The first-order valence-electron chi connectivity index (χ1n) is 6.47. The maximum Gasteiger partial charge on any atom is 0.317 e. The molecule has 0 bridgehead atoms. The van der Waals surface area contributed by atoms with Crippen LogP contribution in [0.5, 0.6) is 0 Å². The topological polar surface area (TPSA) is 69.6 Å². The summed E-state index contributed by atoms with van der Waals surface area (Å²) in [6.07, 6.45) is 6.99. The lowest BCUT2D eigenvalue weighted by Gasteiger charge is -2.27. The highest BCUT2D eigenvalue weighted by molar-refractivity contribution is 5.76. The molecule has 0 aromatic heterocycles. The van der Waals surface area contributed by atoms with Crippen LogP contribution >= 0.6 is 0 Å². The molecule has 0 radical (unpaired) electrons. The molecule has 1 aliphatic rings. The van der Waals surface area contributed by atoms with Gasteiger partial charge in [-0.1, -0.05) is 19.1 Å². The van der Waals surface area contributed by atoms with E-state index in [2.05, 4.69) is 17.5 Å². The van der Waals surface area contributed by atoms with Crippen molar-refractivity contribution in [3.05, 3.63) is 12.2 Å². The molecule has 2 amide bonds. The second-order valence-electron chi connectivity index (χ2n) is 4.71. The van der Waals surface area contributed by atoms with E-state index in [1.54, 1.807) is 11.8 Å². The van der Waals surface area contributed by atoms with E-state index in [1.807, 2.05) is 6.92 Å². The summed E-state index contributed by atoms with van der Waals surface area (Å²) in [4.78, 5) is 24.3. The molecule has 2 unspecified atom stereocenters. The van der Waals surface area contributed by atoms with Gasteiger partial charge in [-0.25, -0.2) is 4.79 Å². The van der Waals surface area contributed by atoms with Crippen LogP contribution in [0.3, 0.4) is 0 Å². The number of carbonyl (C=O) groups excluding carboxylic acids is 1. The molecule has 18 heavy (non-hydrogen) atoms. The lowest BCUT2D eigenvalue weighted by molar-refractivity contribution is -0.141. The molecular weight excluding hydrogens is 232 g/mol. The summed E-state index contributed by atoms with van der Waals surface area (Å²) in [6.45, 7) is 4.24. The number of hydrogen-bond donors (Lipinski definition) is 2. The minimum Gasteiger partial charge on any atom is -0.481 e. The van der Waals surface area contributed by atoms with Crippen LogP contribution in [-0.4, -0.2) is 41.1 Å². The second-order valence-corrected chi connectivity index (χ2v) is 4.71. The Morgan fingerprint density at radius 1 is 1.50 bits per heavy atom. The summed E-state index contributed by atoms with van der Waals surface area (Å²) in [5, 5.41) is 11.8. The van der Waals surface area contributed by atoms with E-state index in [0.29, 0.717) is 6.54 Å². The zero-order chi connectivity index (χ0) is 13.5. The van der Waals surface area contributed by atoms with Gasteiger partial charge in [0, 0.05) is 19.1 Å². The van der Waals surface area contributed by atoms with Crippen LogP contribution in [0.4, 0.5) is 4.79 Å². The molecule has 2 atom stereocenters. The Balaban J connectivity index is 2.46. The molecule has 0 saturated carbocycles. The minimum absolute atomic E-state index is 0.161. The number of aliphatic carboxylic acids is 1. The van der Waals surface area contributed by atoms with Crippen molar-refractivity contribution in [1.29, 1.82) is 0 Å². The number of nitrogens with one attached hydrogen (secondary N) is 1. The van der Waals surface area contributed by atoms with Crippen molar-refractivity contribution >= 4 is 12.0 Å². The van der Waals surface area contributed by atoms with E-state index in [1.165, 1.54) is 0 Å². The van der Waals surface area contributed by atoms with Crippen LogP contribution in [0.25, 0.3) is 0 Å². The Bertz CT molecular complexity index is 328. The van der Waals surface area contributed by atoms with Gasteiger partial charge >= 0.3 is 12.0 Å². The van der Waals surface area contributed by atoms with Crippen molar-refractivity contribution in [1.82, 2.24) is 10.2 Å². The number of allylic oxidation sites excluding steroid dienone is 1. The normalized spacial score (nSPS) is 20.2. The Kier molecular flexibility index (Phi) is 5.68. The molecule has 0 aromatic rings. The average molecular weight is 254 g/mol. The third-order valence-corrected chi connectivity index (χ3v) is 3.18. The molecule has 1 aliphatic carbocycles. The van der Waals surface area contributed by atoms with E-state index < -0.39 is 11.9 Å². The standard InChI is InChI=1S/C13H22N2O3/c1-3-15(9-10(2)12(16)17)13(18)14-11-7-5-4-6-8-11/h4-5,10-11H,3,6-9H2,1-2H3,(H,14,18)(H,16,17). The molecule has 5 nitrogen and oxygen atoms in total. The van der Waals surface area contributed by atoms with Crippen molar-refractivity contribution in [2.75, 3.05) is 13.1 Å². The quantitative estimate of drug-likeness (QED) is 0.736. The maximum atomic E-state index is 12.0. The third kappa shape index (κ3) is 4.39. The molecule has 0 heterocycles. The Morgan fingerprint density at radius 2 is 2.22 bits per heavy atom. The van der Waals surface area contributed by atoms with Gasteiger partial charge in [0.25, 0.3) is 0 Å². The van der Waals surface area contributed by atoms with E-state index in [9.17, 15) is 9.59 Å². The van der Waals surface area contributed by atoms with Gasteiger partial charge < -0.3 is 15.3 Å². The monoisotopic (exact) mass is 254 g/mol. The van der Waals surface area contributed by atoms with Crippen LogP contribution in [0.1, 0.15) is 33.1 Å². The van der Waals surface area contributed by atoms with Gasteiger partial charge in [-0.2, -0.15) is 0 Å². The van der Waals surface area contributed by atoms with Crippen molar-refractivity contribution in [2.24, 2.45) is 5.92 Å². The van der Waals surface area contributed by atoms with Crippen molar-refractivity contribution in [2.45, 2.75) is 39.2 Å². The van der Waals surface area contributed by atoms with Gasteiger partial charge in [0.05, 0.1) is 5.92 Å². The largest absolute Gasteiger partial charge is 0.481 e. The van der Waals surface area contributed by atoms with Crippen LogP contribution in [0, 0.1) is 5.92 Å². The maximum absolute atomic E-state index is 12.0. The first kappa shape index (κ1) is 14.5. The predicted molar refractivity (Wildman–Crippen MR) is 69.4 cm³/mol. The third-order valence-electron chi connectivity index (χ3n) is 3.18. The molecule has 1 rings (SSSR count). The molecule has 0 saturated heterocycles. The van der Waals surface area contributed by atoms with Crippen molar-refractivity contribution < 1.29 is 14.7 Å². The SMILES string of the molecule is CCN(CC(C)C(=O)O)C(=O)NC1CC=CCC1. The average Bonchev–Trinajstić information content (AvgIpc) is 2.36. The number of amides is 2. The predicted octanol–water partition coefficient (Wildman–Crippen LogP) is 1.85. The molecule has 0 aliphatic heterocycles. The summed E-state index contributed by atoms with van der Waals surface area (Å²) in [6, 6.07) is 0.0163. The van der Waals surface area contributed by atoms with Crippen molar-refractivity contribution in [3.8, 4) is 0 Å². The number of nitrogens with zero attached hydrogens (tertiary/aromatic N) is 1. The van der Waals surface area contributed by atoms with E-state index >= 15 is 0 Å². The first-order valence-corrected chi connectivity index (χ1v) is 6.47. The van der Waals surface area contributed by atoms with Crippen LogP contribution < -0.4 is 5.32 Å². The number of hydrogen-bond acceptors (Lipinski definition) is 2. The summed E-state index contributed by atoms with van der Waals surface area (Å²) in [5.74, 6) is -1.41. The van der Waals surface area contributed by atoms with Crippen LogP contribution in [-0.2, 0) is 4.79 Å². The number of rotatable bonds is 5. The summed E-state index contributed by atoms with van der Waals surface area (Å²) >= 11 is 0. The fourth-order valence-corrected chi connectivity index (χ4v) is 1.95. The van der Waals surface area contributed by atoms with Gasteiger partial charge in [0.15, 0.2) is 0 Å². The number of carbonyl (C=O) groups is 2. The second kappa shape index (κ2) is 7.03. The van der Waals surface area contributed by atoms with E-state index in [4.69, 9.17) is 5.11 Å². The van der Waals surface area contributed by atoms with Crippen molar-refractivity contribution in [3.63, 3.8) is 0 Å². The zero-order valence-electron chi connectivity index (χ0n) is 11.1. The van der Waals surface area contributed by atoms with Crippen LogP contribution in [0.2, 0.25) is 0 Å². The van der Waals surface area contributed by atoms with E-state index in [-0.39, 0.29) is 18.6 Å². The lowest BCUT2D eigenvalue weighted by atomic mass is 10.0. The summed E-state index contributed by atoms with van der Waals surface area (Å²) in [7, 11) is 0. The number of urea groups is 1. The molecule has 0 spiro atoms. The fourth-order valence-electron chi connectivity index (χ4n) is 1.95. The van der Waals surface area contributed by atoms with Crippen LogP contribution in [0.15, 0.2) is 12.2 Å². The highest BCUT2D eigenvalue weighted by Gasteiger charge is 2.21. The van der Waals surface area contributed by atoms with Gasteiger partial charge in [0.2, 0.25) is 0 Å². The molecular formula is C13H22N2O3. The molecule has 102 valence electrons. The Labute approximate surface area is 108 Å². The highest BCUT2D eigenvalue weighted by atomic mass is 16.4. The van der Waals surface area contributed by atoms with Gasteiger partial charge in [-0.3, -0.25) is 4.79 Å². The molecule has 0 aromatic carbocycles. The number of carboxylic acids is 1. The van der Waals surface area contributed by atoms with Gasteiger partial charge in [-0.05, 0) is 26.2 Å². The number of carboxylic acid groups (broad SMARTS) is 1. The van der Waals surface area contributed by atoms with Gasteiger partial charge in [-0.15, -0.1) is 0 Å². The Hall–Kier alpha value is -1.52. The molecule has 5 heteroatoms. The summed E-state index contributed by atoms with van der Waals surface area (Å²) < 4.78 is 0. The molecule has 0 fully saturated rings. The minimum atomic E-state index is -0.873. The van der Waals surface area contributed by atoms with Gasteiger partial charge in [0.1, 0.15) is 0 Å².